The monoisotopic (exact) mass is 981 g/mol. The van der Waals surface area contributed by atoms with E-state index in [0.29, 0.717) is 11.5 Å². The van der Waals surface area contributed by atoms with Gasteiger partial charge in [0.2, 0.25) is 0 Å². The fraction of sp³-hybridized carbons (Fsp3) is 0.0727. The zero-order chi connectivity index (χ0) is 41.1. The molecule has 10 aromatic rings. The topological polar surface area (TPSA) is 48.1 Å². The SMILES string of the molecule is CC(C)(C)c1ccnc(-n2c3[c-]c(Oc4[c-]c(N5[CH-]n6ccnc6-c6ccccc65)cc(-c5c(-c6ccccc6)cccc5-c5ccccc5)c4)ccc3c3ccccc32)c1.[Pt]. The zero-order valence-electron chi connectivity index (χ0n) is 34.4. The van der Waals surface area contributed by atoms with Crippen molar-refractivity contribution >= 4 is 33.2 Å². The molecule has 7 heteroatoms. The summed E-state index contributed by atoms with van der Waals surface area (Å²) < 4.78 is 11.2. The molecule has 1 aliphatic heterocycles. The standard InChI is InChI=1S/C55H40N5O.Pt/c1-55(2,3)40-27-28-56-52(33-40)60-50-24-13-10-19-46(50)47-26-25-42(35-51(47)60)61-43-32-39(31-41(34-43)59-36-58-30-29-57-54(58)48-20-11-12-23-49(48)59)53-44(37-15-6-4-7-16-37)21-14-22-45(53)38-17-8-5-9-18-38;/h4-33,36H,1-3H3;/q-3;. The molecule has 4 heterocycles. The van der Waals surface area contributed by atoms with Crippen molar-refractivity contribution in [3.05, 3.63) is 207 Å². The van der Waals surface area contributed by atoms with E-state index in [9.17, 15) is 0 Å². The van der Waals surface area contributed by atoms with Crippen LogP contribution in [0.2, 0.25) is 0 Å². The Morgan fingerprint density at radius 3 is 2.03 bits per heavy atom. The van der Waals surface area contributed by atoms with Gasteiger partial charge in [0.15, 0.2) is 0 Å². The van der Waals surface area contributed by atoms with Crippen molar-refractivity contribution in [1.82, 2.24) is 19.1 Å². The Bertz CT molecular complexity index is 3200. The van der Waals surface area contributed by atoms with Gasteiger partial charge in [-0.2, -0.15) is 6.07 Å². The average Bonchev–Trinajstić information content (AvgIpc) is 3.91. The van der Waals surface area contributed by atoms with E-state index in [-0.39, 0.29) is 26.5 Å². The minimum absolute atomic E-state index is 0. The summed E-state index contributed by atoms with van der Waals surface area (Å²) in [6.45, 7) is 8.75. The van der Waals surface area contributed by atoms with Crippen LogP contribution in [0, 0.1) is 18.8 Å². The second-order valence-corrected chi connectivity index (χ2v) is 16.4. The van der Waals surface area contributed by atoms with Crippen molar-refractivity contribution in [2.45, 2.75) is 26.2 Å². The molecule has 3 aromatic heterocycles. The van der Waals surface area contributed by atoms with Crippen LogP contribution in [0.5, 0.6) is 11.5 Å². The van der Waals surface area contributed by atoms with Crippen molar-refractivity contribution in [3.8, 4) is 62.1 Å². The first-order chi connectivity index (χ1) is 29.9. The number of imidazole rings is 1. The number of hydrogen-bond acceptors (Lipinski definition) is 4. The predicted molar refractivity (Wildman–Crippen MR) is 247 cm³/mol. The van der Waals surface area contributed by atoms with Gasteiger partial charge in [-0.15, -0.1) is 41.3 Å². The summed E-state index contributed by atoms with van der Waals surface area (Å²) >= 11 is 0. The molecule has 0 saturated heterocycles. The molecule has 0 unspecified atom stereocenters. The van der Waals surface area contributed by atoms with Gasteiger partial charge in [-0.3, -0.25) is 0 Å². The number of anilines is 2. The Hall–Kier alpha value is -7.14. The molecule has 0 amide bonds. The maximum Gasteiger partial charge on any atom is 0.135 e. The Kier molecular flexibility index (Phi) is 9.89. The molecule has 0 atom stereocenters. The summed E-state index contributed by atoms with van der Waals surface area (Å²) in [5.74, 6) is 2.86. The molecule has 0 bridgehead atoms. The normalized spacial score (nSPS) is 12.1. The van der Waals surface area contributed by atoms with Gasteiger partial charge in [0.1, 0.15) is 5.82 Å². The second kappa shape index (κ2) is 15.7. The number of fused-ring (bicyclic) bond motifs is 6. The Morgan fingerprint density at radius 2 is 1.27 bits per heavy atom. The molecule has 62 heavy (non-hydrogen) atoms. The molecule has 0 radical (unpaired) electrons. The molecule has 304 valence electrons. The maximum absolute atomic E-state index is 6.97. The van der Waals surface area contributed by atoms with E-state index in [1.54, 1.807) is 0 Å². The first-order valence-electron chi connectivity index (χ1n) is 20.6. The minimum Gasteiger partial charge on any atom is -0.509 e. The third kappa shape index (κ3) is 6.87. The number of hydrogen-bond donors (Lipinski definition) is 0. The van der Waals surface area contributed by atoms with E-state index in [4.69, 9.17) is 14.7 Å². The number of nitrogens with zero attached hydrogens (tertiary/aromatic N) is 5. The molecule has 11 rings (SSSR count). The number of para-hydroxylation sites is 2. The summed E-state index contributed by atoms with van der Waals surface area (Å²) in [6, 6.07) is 64.7. The van der Waals surface area contributed by atoms with Gasteiger partial charge in [0.25, 0.3) is 0 Å². The smallest absolute Gasteiger partial charge is 0.135 e. The zero-order valence-corrected chi connectivity index (χ0v) is 36.6. The van der Waals surface area contributed by atoms with E-state index in [1.807, 2.05) is 24.7 Å². The van der Waals surface area contributed by atoms with Crippen LogP contribution in [0.4, 0.5) is 11.4 Å². The second-order valence-electron chi connectivity index (χ2n) is 16.4. The summed E-state index contributed by atoms with van der Waals surface area (Å²) in [5.41, 5.74) is 12.5. The Balaban J connectivity index is 0.00000458. The average molecular weight is 982 g/mol. The van der Waals surface area contributed by atoms with Gasteiger partial charge < -0.3 is 23.8 Å². The van der Waals surface area contributed by atoms with Crippen LogP contribution in [0.15, 0.2) is 182 Å². The Labute approximate surface area is 376 Å². The molecule has 1 aliphatic rings. The van der Waals surface area contributed by atoms with Crippen LogP contribution < -0.4 is 9.64 Å². The quantitative estimate of drug-likeness (QED) is 0.149. The van der Waals surface area contributed by atoms with Crippen LogP contribution in [0.1, 0.15) is 26.3 Å². The van der Waals surface area contributed by atoms with Crippen molar-refractivity contribution < 1.29 is 25.8 Å². The van der Waals surface area contributed by atoms with E-state index >= 15 is 0 Å². The van der Waals surface area contributed by atoms with E-state index in [0.717, 1.165) is 83.8 Å². The molecule has 7 aromatic carbocycles. The van der Waals surface area contributed by atoms with Gasteiger partial charge in [0, 0.05) is 55.8 Å². The Morgan fingerprint density at radius 1 is 0.581 bits per heavy atom. The van der Waals surface area contributed by atoms with E-state index < -0.39 is 0 Å². The van der Waals surface area contributed by atoms with E-state index in [1.165, 1.54) is 5.56 Å². The number of benzene rings is 7. The van der Waals surface area contributed by atoms with Gasteiger partial charge in [-0.25, -0.2) is 4.98 Å². The summed E-state index contributed by atoms with van der Waals surface area (Å²) in [5, 5.41) is 2.20. The first kappa shape index (κ1) is 39.0. The van der Waals surface area contributed by atoms with Crippen LogP contribution in [-0.2, 0) is 26.5 Å². The molecular formula is C55H40N5OPt-3. The largest absolute Gasteiger partial charge is 0.509 e. The van der Waals surface area contributed by atoms with Crippen molar-refractivity contribution in [2.24, 2.45) is 0 Å². The summed E-state index contributed by atoms with van der Waals surface area (Å²) in [4.78, 5) is 11.8. The fourth-order valence-electron chi connectivity index (χ4n) is 8.60. The number of ether oxygens (including phenoxy) is 1. The van der Waals surface area contributed by atoms with Crippen LogP contribution in [-0.4, -0.2) is 19.1 Å². The van der Waals surface area contributed by atoms with Crippen molar-refractivity contribution in [2.75, 3.05) is 4.90 Å². The van der Waals surface area contributed by atoms with Crippen molar-refractivity contribution in [1.29, 1.82) is 0 Å². The van der Waals surface area contributed by atoms with Crippen LogP contribution in [0.25, 0.3) is 72.4 Å². The predicted octanol–water partition coefficient (Wildman–Crippen LogP) is 13.8. The molecular weight excluding hydrogens is 942 g/mol. The first-order valence-corrected chi connectivity index (χ1v) is 20.6. The van der Waals surface area contributed by atoms with Gasteiger partial charge in [0.05, 0.1) is 0 Å². The molecule has 0 aliphatic carbocycles. The molecule has 0 spiro atoms. The molecule has 6 nitrogen and oxygen atoms in total. The third-order valence-corrected chi connectivity index (χ3v) is 11.5. The number of aromatic nitrogens is 4. The summed E-state index contributed by atoms with van der Waals surface area (Å²) in [7, 11) is 0. The number of pyridine rings is 1. The maximum atomic E-state index is 6.97. The van der Waals surface area contributed by atoms with Gasteiger partial charge in [-0.05, 0) is 86.9 Å². The molecule has 0 N–H and O–H groups in total. The molecule has 0 fully saturated rings. The van der Waals surface area contributed by atoms with Gasteiger partial charge in [-0.1, -0.05) is 153 Å². The van der Waals surface area contributed by atoms with Crippen molar-refractivity contribution in [3.63, 3.8) is 0 Å². The van der Waals surface area contributed by atoms with Gasteiger partial charge >= 0.3 is 0 Å². The fourth-order valence-corrected chi connectivity index (χ4v) is 8.60. The minimum atomic E-state index is -0.0434. The summed E-state index contributed by atoms with van der Waals surface area (Å²) in [6.07, 6.45) is 5.72. The van der Waals surface area contributed by atoms with Crippen LogP contribution in [0.3, 0.4) is 0 Å². The number of rotatable bonds is 7. The van der Waals surface area contributed by atoms with E-state index in [2.05, 4.69) is 211 Å². The molecule has 0 saturated carbocycles. The van der Waals surface area contributed by atoms with Crippen LogP contribution >= 0.6 is 0 Å². The third-order valence-electron chi connectivity index (χ3n) is 11.5.